The van der Waals surface area contributed by atoms with Gasteiger partial charge in [0.15, 0.2) is 0 Å². The summed E-state index contributed by atoms with van der Waals surface area (Å²) >= 11 is 5.87. The molecular formula is C14H13ClN2O. The minimum atomic E-state index is 0.462. The monoisotopic (exact) mass is 260 g/mol. The van der Waals surface area contributed by atoms with Gasteiger partial charge in [0.05, 0.1) is 12.1 Å². The lowest BCUT2D eigenvalue weighted by Crippen LogP contribution is -1.92. The highest BCUT2D eigenvalue weighted by molar-refractivity contribution is 6.30. The van der Waals surface area contributed by atoms with Crippen LogP contribution in [0, 0.1) is 0 Å². The van der Waals surface area contributed by atoms with E-state index >= 15 is 0 Å². The maximum absolute atomic E-state index is 5.87. The molecule has 0 radical (unpaired) electrons. The van der Waals surface area contributed by atoms with Crippen molar-refractivity contribution in [3.63, 3.8) is 0 Å². The van der Waals surface area contributed by atoms with Gasteiger partial charge in [0.25, 0.3) is 0 Å². The normalized spacial score (nSPS) is 10.8. The van der Waals surface area contributed by atoms with Crippen molar-refractivity contribution in [1.82, 2.24) is 4.98 Å². The van der Waals surface area contributed by atoms with Gasteiger partial charge in [-0.3, -0.25) is 0 Å². The quantitative estimate of drug-likeness (QED) is 0.919. The number of anilines is 1. The van der Waals surface area contributed by atoms with Crippen molar-refractivity contribution in [2.75, 3.05) is 12.8 Å². The summed E-state index contributed by atoms with van der Waals surface area (Å²) in [6.07, 6.45) is 5.36. The van der Waals surface area contributed by atoms with Crippen LogP contribution in [-0.4, -0.2) is 12.1 Å². The van der Waals surface area contributed by atoms with Crippen LogP contribution < -0.4 is 10.5 Å². The number of nitrogen functional groups attached to an aromatic ring is 1. The molecule has 0 saturated carbocycles. The smallest absolute Gasteiger partial charge is 0.130 e. The average molecular weight is 261 g/mol. The molecule has 92 valence electrons. The Labute approximate surface area is 111 Å². The molecule has 2 rings (SSSR count). The lowest BCUT2D eigenvalue weighted by molar-refractivity contribution is 0.415. The first-order chi connectivity index (χ1) is 8.69. The Kier molecular flexibility index (Phi) is 3.85. The molecule has 0 aliphatic carbocycles. The highest BCUT2D eigenvalue weighted by atomic mass is 35.5. The van der Waals surface area contributed by atoms with E-state index in [4.69, 9.17) is 22.1 Å². The number of nitrogens with two attached hydrogens (primary N) is 1. The Morgan fingerprint density at radius 3 is 2.61 bits per heavy atom. The van der Waals surface area contributed by atoms with E-state index < -0.39 is 0 Å². The summed E-state index contributed by atoms with van der Waals surface area (Å²) < 4.78 is 5.10. The van der Waals surface area contributed by atoms with Crippen molar-refractivity contribution in [1.29, 1.82) is 0 Å². The molecule has 0 saturated heterocycles. The van der Waals surface area contributed by atoms with Crippen LogP contribution >= 0.6 is 11.6 Å². The molecule has 0 aliphatic heterocycles. The Bertz CT molecular complexity index is 565. The number of rotatable bonds is 3. The van der Waals surface area contributed by atoms with Gasteiger partial charge >= 0.3 is 0 Å². The van der Waals surface area contributed by atoms with Crippen LogP contribution in [0.1, 0.15) is 11.1 Å². The van der Waals surface area contributed by atoms with Crippen LogP contribution in [0.2, 0.25) is 5.02 Å². The van der Waals surface area contributed by atoms with E-state index in [2.05, 4.69) is 4.98 Å². The van der Waals surface area contributed by atoms with Crippen molar-refractivity contribution in [3.8, 4) is 5.75 Å². The van der Waals surface area contributed by atoms with Crippen LogP contribution in [0.25, 0.3) is 12.2 Å². The molecule has 2 N–H and O–H groups in total. The van der Waals surface area contributed by atoms with Gasteiger partial charge in [0.2, 0.25) is 0 Å². The summed E-state index contributed by atoms with van der Waals surface area (Å²) in [5.41, 5.74) is 7.61. The van der Waals surface area contributed by atoms with E-state index in [1.165, 1.54) is 6.20 Å². The van der Waals surface area contributed by atoms with E-state index in [-0.39, 0.29) is 0 Å². The molecule has 18 heavy (non-hydrogen) atoms. The fourth-order valence-corrected chi connectivity index (χ4v) is 1.67. The van der Waals surface area contributed by atoms with Crippen LogP contribution in [0.5, 0.6) is 5.75 Å². The van der Waals surface area contributed by atoms with Crippen molar-refractivity contribution in [2.45, 2.75) is 0 Å². The fourth-order valence-electron chi connectivity index (χ4n) is 1.50. The molecule has 0 aliphatic rings. The van der Waals surface area contributed by atoms with Gasteiger partial charge in [0, 0.05) is 11.8 Å². The predicted octanol–water partition coefficient (Wildman–Crippen LogP) is 3.50. The van der Waals surface area contributed by atoms with Crippen LogP contribution in [0.15, 0.2) is 36.5 Å². The molecule has 0 bridgehead atoms. The second-order valence-electron chi connectivity index (χ2n) is 3.73. The third kappa shape index (κ3) is 3.02. The summed E-state index contributed by atoms with van der Waals surface area (Å²) in [5.74, 6) is 1.29. The molecule has 4 heteroatoms. The van der Waals surface area contributed by atoms with Crippen molar-refractivity contribution in [3.05, 3.63) is 52.7 Å². The number of aromatic nitrogens is 1. The largest absolute Gasteiger partial charge is 0.497 e. The van der Waals surface area contributed by atoms with Crippen molar-refractivity contribution < 1.29 is 4.74 Å². The Hall–Kier alpha value is -2.00. The minimum absolute atomic E-state index is 0.462. The van der Waals surface area contributed by atoms with E-state index in [0.29, 0.717) is 10.8 Å². The molecule has 3 nitrogen and oxygen atoms in total. The third-order valence-corrected chi connectivity index (χ3v) is 2.69. The van der Waals surface area contributed by atoms with Crippen LogP contribution in [0.4, 0.5) is 5.82 Å². The summed E-state index contributed by atoms with van der Waals surface area (Å²) in [6, 6.07) is 9.51. The second-order valence-corrected chi connectivity index (χ2v) is 4.17. The second kappa shape index (κ2) is 5.56. The SMILES string of the molecule is COc1ccc(/C=C/c2cc(Cl)cnc2N)cc1. The first-order valence-electron chi connectivity index (χ1n) is 5.42. The maximum Gasteiger partial charge on any atom is 0.130 e. The van der Waals surface area contributed by atoms with Crippen molar-refractivity contribution >= 4 is 29.6 Å². The Balaban J connectivity index is 2.21. The zero-order chi connectivity index (χ0) is 13.0. The van der Waals surface area contributed by atoms with Gasteiger partial charge in [-0.1, -0.05) is 35.9 Å². The number of pyridine rings is 1. The molecule has 1 aromatic heterocycles. The third-order valence-electron chi connectivity index (χ3n) is 2.49. The van der Waals surface area contributed by atoms with E-state index in [1.807, 2.05) is 36.4 Å². The number of halogens is 1. The first-order valence-corrected chi connectivity index (χ1v) is 5.80. The zero-order valence-corrected chi connectivity index (χ0v) is 10.7. The summed E-state index contributed by atoms with van der Waals surface area (Å²) in [6.45, 7) is 0. The molecular weight excluding hydrogens is 248 g/mol. The highest BCUT2D eigenvalue weighted by Crippen LogP contribution is 2.18. The molecule has 0 spiro atoms. The lowest BCUT2D eigenvalue weighted by Gasteiger charge is -2.01. The Morgan fingerprint density at radius 2 is 1.94 bits per heavy atom. The molecule has 0 atom stereocenters. The number of methoxy groups -OCH3 is 1. The summed E-state index contributed by atoms with van der Waals surface area (Å²) in [7, 11) is 1.64. The predicted molar refractivity (Wildman–Crippen MR) is 75.6 cm³/mol. The molecule has 2 aromatic rings. The van der Waals surface area contributed by atoms with Gasteiger partial charge in [-0.05, 0) is 23.8 Å². The Morgan fingerprint density at radius 1 is 1.22 bits per heavy atom. The standard InChI is InChI=1S/C14H13ClN2O/c1-18-13-6-3-10(4-7-13)2-5-11-8-12(15)9-17-14(11)16/h2-9H,1H3,(H2,16,17)/b5-2+. The van der Waals surface area contributed by atoms with E-state index in [9.17, 15) is 0 Å². The van der Waals surface area contributed by atoms with E-state index in [1.54, 1.807) is 13.2 Å². The van der Waals surface area contributed by atoms with Gasteiger partial charge in [-0.2, -0.15) is 0 Å². The van der Waals surface area contributed by atoms with E-state index in [0.717, 1.165) is 16.9 Å². The van der Waals surface area contributed by atoms with Crippen LogP contribution in [0.3, 0.4) is 0 Å². The molecule has 0 amide bonds. The molecule has 0 unspecified atom stereocenters. The number of hydrogen-bond donors (Lipinski definition) is 1. The lowest BCUT2D eigenvalue weighted by atomic mass is 10.1. The molecule has 1 aromatic carbocycles. The van der Waals surface area contributed by atoms with Crippen molar-refractivity contribution in [2.24, 2.45) is 0 Å². The van der Waals surface area contributed by atoms with Gasteiger partial charge < -0.3 is 10.5 Å². The summed E-state index contributed by atoms with van der Waals surface area (Å²) in [4.78, 5) is 3.99. The van der Waals surface area contributed by atoms with Gasteiger partial charge in [-0.15, -0.1) is 0 Å². The zero-order valence-electron chi connectivity index (χ0n) is 9.93. The number of nitrogens with zero attached hydrogens (tertiary/aromatic N) is 1. The van der Waals surface area contributed by atoms with Gasteiger partial charge in [0.1, 0.15) is 11.6 Å². The topological polar surface area (TPSA) is 48.1 Å². The maximum atomic E-state index is 5.87. The van der Waals surface area contributed by atoms with Gasteiger partial charge in [-0.25, -0.2) is 4.98 Å². The fraction of sp³-hybridized carbons (Fsp3) is 0.0714. The highest BCUT2D eigenvalue weighted by Gasteiger charge is 1.98. The number of benzene rings is 1. The number of ether oxygens (including phenoxy) is 1. The molecule has 0 fully saturated rings. The number of hydrogen-bond acceptors (Lipinski definition) is 3. The minimum Gasteiger partial charge on any atom is -0.497 e. The van der Waals surface area contributed by atoms with Crippen LogP contribution in [-0.2, 0) is 0 Å². The summed E-state index contributed by atoms with van der Waals surface area (Å²) in [5, 5.41) is 0.568. The average Bonchev–Trinajstić information content (AvgIpc) is 2.40. The molecule has 1 heterocycles. The first kappa shape index (κ1) is 12.5.